The second-order valence-corrected chi connectivity index (χ2v) is 5.90. The van der Waals surface area contributed by atoms with E-state index < -0.39 is 0 Å². The highest BCUT2D eigenvalue weighted by Crippen LogP contribution is 2.29. The molecule has 1 unspecified atom stereocenters. The Morgan fingerprint density at radius 3 is 2.59 bits per heavy atom. The molecule has 4 heteroatoms. The van der Waals surface area contributed by atoms with Gasteiger partial charge in [0.2, 0.25) is 5.91 Å². The van der Waals surface area contributed by atoms with Crippen molar-refractivity contribution >= 4 is 5.91 Å². The minimum atomic E-state index is -0.194. The summed E-state index contributed by atoms with van der Waals surface area (Å²) >= 11 is 0. The van der Waals surface area contributed by atoms with Gasteiger partial charge in [0.25, 0.3) is 0 Å². The highest BCUT2D eigenvalue weighted by atomic mass is 16.5. The zero-order valence-electron chi connectivity index (χ0n) is 11.0. The fraction of sp³-hybridized carbons (Fsp3) is 0.923. The monoisotopic (exact) mass is 240 g/mol. The second kappa shape index (κ2) is 4.94. The predicted octanol–water partition coefficient (Wildman–Crippen LogP) is 1.06. The molecule has 1 amide bonds. The van der Waals surface area contributed by atoms with Crippen molar-refractivity contribution in [3.63, 3.8) is 0 Å². The molecule has 0 aromatic rings. The molecule has 1 atom stereocenters. The average Bonchev–Trinajstić information content (AvgIpc) is 2.75. The summed E-state index contributed by atoms with van der Waals surface area (Å²) in [4.78, 5) is 12.2. The lowest BCUT2D eigenvalue weighted by atomic mass is 9.80. The molecule has 98 valence electrons. The third kappa shape index (κ3) is 2.99. The first-order chi connectivity index (χ1) is 8.04. The topological polar surface area (TPSA) is 50.4 Å². The first kappa shape index (κ1) is 12.8. The Morgan fingerprint density at radius 1 is 1.29 bits per heavy atom. The zero-order valence-corrected chi connectivity index (χ0v) is 11.0. The predicted molar refractivity (Wildman–Crippen MR) is 66.8 cm³/mol. The lowest BCUT2D eigenvalue weighted by molar-refractivity contribution is -0.132. The number of carbonyl (C=O) groups is 1. The summed E-state index contributed by atoms with van der Waals surface area (Å²) in [7, 11) is 0. The van der Waals surface area contributed by atoms with Crippen LogP contribution in [-0.2, 0) is 9.53 Å². The van der Waals surface area contributed by atoms with E-state index in [2.05, 4.69) is 24.5 Å². The molecule has 2 rings (SSSR count). The van der Waals surface area contributed by atoms with Gasteiger partial charge >= 0.3 is 0 Å². The van der Waals surface area contributed by atoms with E-state index in [0.717, 1.165) is 45.4 Å². The number of rotatable bonds is 3. The molecule has 2 aliphatic heterocycles. The van der Waals surface area contributed by atoms with Crippen molar-refractivity contribution in [3.8, 4) is 0 Å². The third-order valence-corrected chi connectivity index (χ3v) is 4.18. The van der Waals surface area contributed by atoms with Crippen LogP contribution in [0, 0.1) is 5.41 Å². The highest BCUT2D eigenvalue weighted by molar-refractivity contribution is 5.82. The molecule has 0 radical (unpaired) electrons. The van der Waals surface area contributed by atoms with Crippen LogP contribution in [0.3, 0.4) is 0 Å². The van der Waals surface area contributed by atoms with Crippen molar-refractivity contribution in [2.75, 3.05) is 26.2 Å². The molecule has 0 aromatic carbocycles. The number of ether oxygens (including phenoxy) is 1. The first-order valence-corrected chi connectivity index (χ1v) is 6.67. The van der Waals surface area contributed by atoms with E-state index in [4.69, 9.17) is 4.74 Å². The van der Waals surface area contributed by atoms with Crippen molar-refractivity contribution in [2.45, 2.75) is 45.1 Å². The van der Waals surface area contributed by atoms with E-state index in [1.165, 1.54) is 0 Å². The Hall–Kier alpha value is -0.610. The zero-order chi connectivity index (χ0) is 12.4. The van der Waals surface area contributed by atoms with E-state index in [1.54, 1.807) is 0 Å². The van der Waals surface area contributed by atoms with Gasteiger partial charge in [-0.2, -0.15) is 0 Å². The summed E-state index contributed by atoms with van der Waals surface area (Å²) in [6, 6.07) is 0. The van der Waals surface area contributed by atoms with Crippen LogP contribution in [0.1, 0.15) is 39.5 Å². The van der Waals surface area contributed by atoms with Gasteiger partial charge in [-0.1, -0.05) is 6.92 Å². The SMILES string of the molecule is CC1(CNC(=O)C2(C)CCNCC2)CCCO1. The molecule has 0 spiro atoms. The molecule has 2 N–H and O–H groups in total. The molecular weight excluding hydrogens is 216 g/mol. The molecule has 2 fully saturated rings. The van der Waals surface area contributed by atoms with Crippen molar-refractivity contribution in [1.82, 2.24) is 10.6 Å². The minimum absolute atomic E-state index is 0.140. The van der Waals surface area contributed by atoms with Crippen LogP contribution in [0.25, 0.3) is 0 Å². The van der Waals surface area contributed by atoms with Crippen LogP contribution in [0.5, 0.6) is 0 Å². The summed E-state index contributed by atoms with van der Waals surface area (Å²) in [5.41, 5.74) is -0.334. The van der Waals surface area contributed by atoms with Crippen LogP contribution < -0.4 is 10.6 Å². The lowest BCUT2D eigenvalue weighted by Gasteiger charge is -2.34. The summed E-state index contributed by atoms with van der Waals surface area (Å²) in [6.45, 7) is 7.52. The quantitative estimate of drug-likeness (QED) is 0.775. The Balaban J connectivity index is 1.84. The van der Waals surface area contributed by atoms with Crippen molar-refractivity contribution in [1.29, 1.82) is 0 Å². The van der Waals surface area contributed by atoms with Crippen LogP contribution in [-0.4, -0.2) is 37.7 Å². The van der Waals surface area contributed by atoms with E-state index in [-0.39, 0.29) is 16.9 Å². The summed E-state index contributed by atoms with van der Waals surface area (Å²) in [5.74, 6) is 0.190. The fourth-order valence-electron chi connectivity index (χ4n) is 2.66. The van der Waals surface area contributed by atoms with Crippen LogP contribution in [0.15, 0.2) is 0 Å². The Labute approximate surface area is 103 Å². The molecule has 2 saturated heterocycles. The van der Waals surface area contributed by atoms with Crippen molar-refractivity contribution in [2.24, 2.45) is 5.41 Å². The standard InChI is InChI=1S/C13H24N2O2/c1-12(5-7-14-8-6-12)11(16)15-10-13(2)4-3-9-17-13/h14H,3-10H2,1-2H3,(H,15,16). The van der Waals surface area contributed by atoms with Gasteiger partial charge in [0.1, 0.15) is 0 Å². The normalized spacial score (nSPS) is 32.4. The van der Waals surface area contributed by atoms with Gasteiger partial charge in [-0.05, 0) is 45.7 Å². The number of amides is 1. The molecule has 2 heterocycles. The fourth-order valence-corrected chi connectivity index (χ4v) is 2.66. The van der Waals surface area contributed by atoms with Gasteiger partial charge in [-0.3, -0.25) is 4.79 Å². The van der Waals surface area contributed by atoms with Gasteiger partial charge in [-0.15, -0.1) is 0 Å². The highest BCUT2D eigenvalue weighted by Gasteiger charge is 2.36. The molecule has 17 heavy (non-hydrogen) atoms. The Bertz CT molecular complexity index is 279. The molecule has 2 aliphatic rings. The van der Waals surface area contributed by atoms with E-state index >= 15 is 0 Å². The van der Waals surface area contributed by atoms with Crippen molar-refractivity contribution in [3.05, 3.63) is 0 Å². The van der Waals surface area contributed by atoms with Gasteiger partial charge in [-0.25, -0.2) is 0 Å². The van der Waals surface area contributed by atoms with Crippen LogP contribution >= 0.6 is 0 Å². The maximum atomic E-state index is 12.2. The lowest BCUT2D eigenvalue weighted by Crippen LogP contribution is -2.49. The Morgan fingerprint density at radius 2 is 2.00 bits per heavy atom. The van der Waals surface area contributed by atoms with Gasteiger partial charge in [0.15, 0.2) is 0 Å². The second-order valence-electron chi connectivity index (χ2n) is 5.90. The Kier molecular flexibility index (Phi) is 3.73. The van der Waals surface area contributed by atoms with Crippen LogP contribution in [0.2, 0.25) is 0 Å². The van der Waals surface area contributed by atoms with Gasteiger partial charge < -0.3 is 15.4 Å². The number of hydrogen-bond donors (Lipinski definition) is 2. The molecule has 0 saturated carbocycles. The molecule has 0 aliphatic carbocycles. The number of carbonyl (C=O) groups excluding carboxylic acids is 1. The summed E-state index contributed by atoms with van der Waals surface area (Å²) < 4.78 is 5.68. The number of piperidine rings is 1. The van der Waals surface area contributed by atoms with Crippen molar-refractivity contribution < 1.29 is 9.53 Å². The van der Waals surface area contributed by atoms with E-state index in [1.807, 2.05) is 0 Å². The molecular formula is C13H24N2O2. The first-order valence-electron chi connectivity index (χ1n) is 6.67. The summed E-state index contributed by atoms with van der Waals surface area (Å²) in [6.07, 6.45) is 4.01. The smallest absolute Gasteiger partial charge is 0.226 e. The maximum Gasteiger partial charge on any atom is 0.226 e. The molecule has 0 bridgehead atoms. The summed E-state index contributed by atoms with van der Waals surface area (Å²) in [5, 5.41) is 6.38. The molecule has 0 aromatic heterocycles. The minimum Gasteiger partial charge on any atom is -0.373 e. The van der Waals surface area contributed by atoms with Gasteiger partial charge in [0, 0.05) is 18.6 Å². The average molecular weight is 240 g/mol. The third-order valence-electron chi connectivity index (χ3n) is 4.18. The largest absolute Gasteiger partial charge is 0.373 e. The van der Waals surface area contributed by atoms with Crippen LogP contribution in [0.4, 0.5) is 0 Å². The number of hydrogen-bond acceptors (Lipinski definition) is 3. The maximum absolute atomic E-state index is 12.2. The van der Waals surface area contributed by atoms with Gasteiger partial charge in [0.05, 0.1) is 5.60 Å². The number of nitrogens with one attached hydrogen (secondary N) is 2. The van der Waals surface area contributed by atoms with E-state index in [9.17, 15) is 4.79 Å². The van der Waals surface area contributed by atoms with E-state index in [0.29, 0.717) is 6.54 Å². The molecule has 4 nitrogen and oxygen atoms in total.